The molecule has 0 fully saturated rings. The summed E-state index contributed by atoms with van der Waals surface area (Å²) in [5, 5.41) is 6.85. The molecule has 2 nitrogen and oxygen atoms in total. The van der Waals surface area contributed by atoms with Crippen molar-refractivity contribution in [1.29, 1.82) is 0 Å². The highest BCUT2D eigenvalue weighted by Gasteiger charge is 2.15. The number of fused-ring (bicyclic) bond motifs is 1. The van der Waals surface area contributed by atoms with Crippen molar-refractivity contribution in [3.8, 4) is 0 Å². The second-order valence-electron chi connectivity index (χ2n) is 4.24. The minimum Gasteiger partial charge on any atom is -0.313 e. The van der Waals surface area contributed by atoms with Crippen LogP contribution in [0.3, 0.4) is 0 Å². The molecule has 2 N–H and O–H groups in total. The van der Waals surface area contributed by atoms with E-state index in [4.69, 9.17) is 0 Å². The molecular weight excluding hydrogens is 184 g/mol. The molecule has 1 aromatic rings. The summed E-state index contributed by atoms with van der Waals surface area (Å²) < 4.78 is 0. The van der Waals surface area contributed by atoms with Gasteiger partial charge in [-0.2, -0.15) is 0 Å². The van der Waals surface area contributed by atoms with E-state index < -0.39 is 0 Å². The van der Waals surface area contributed by atoms with Crippen molar-refractivity contribution in [2.45, 2.75) is 32.9 Å². The van der Waals surface area contributed by atoms with Crippen molar-refractivity contribution in [2.75, 3.05) is 13.1 Å². The summed E-state index contributed by atoms with van der Waals surface area (Å²) >= 11 is 0. The molecule has 0 bridgehead atoms. The summed E-state index contributed by atoms with van der Waals surface area (Å²) in [7, 11) is 0. The number of rotatable bonds is 3. The topological polar surface area (TPSA) is 24.1 Å². The Hall–Kier alpha value is -0.860. The third-order valence-corrected chi connectivity index (χ3v) is 3.10. The fourth-order valence-corrected chi connectivity index (χ4v) is 2.21. The fraction of sp³-hybridized carbons (Fsp3) is 0.538. The van der Waals surface area contributed by atoms with Gasteiger partial charge >= 0.3 is 0 Å². The molecule has 0 amide bonds. The van der Waals surface area contributed by atoms with E-state index >= 15 is 0 Å². The van der Waals surface area contributed by atoms with E-state index in [0.717, 1.165) is 19.6 Å². The van der Waals surface area contributed by atoms with E-state index in [1.807, 2.05) is 0 Å². The highest BCUT2D eigenvalue weighted by molar-refractivity contribution is 5.35. The van der Waals surface area contributed by atoms with Crippen LogP contribution in [-0.4, -0.2) is 13.1 Å². The van der Waals surface area contributed by atoms with Crippen LogP contribution >= 0.6 is 0 Å². The SMILES string of the molecule is CCNCc1ccc2c(c1)CCNC2C. The van der Waals surface area contributed by atoms with Crippen LogP contribution in [0.1, 0.15) is 36.6 Å². The number of hydrogen-bond acceptors (Lipinski definition) is 2. The Bertz CT molecular complexity index is 333. The number of hydrogen-bond donors (Lipinski definition) is 2. The summed E-state index contributed by atoms with van der Waals surface area (Å²) in [6.07, 6.45) is 1.17. The maximum atomic E-state index is 3.49. The summed E-state index contributed by atoms with van der Waals surface area (Å²) in [4.78, 5) is 0. The molecule has 1 atom stereocenters. The fourth-order valence-electron chi connectivity index (χ4n) is 2.21. The molecule has 0 saturated heterocycles. The van der Waals surface area contributed by atoms with Crippen molar-refractivity contribution in [1.82, 2.24) is 10.6 Å². The van der Waals surface area contributed by atoms with Crippen molar-refractivity contribution < 1.29 is 0 Å². The average Bonchev–Trinajstić information content (AvgIpc) is 2.26. The second-order valence-corrected chi connectivity index (χ2v) is 4.24. The molecule has 1 aliphatic heterocycles. The third-order valence-electron chi connectivity index (χ3n) is 3.10. The molecule has 0 radical (unpaired) electrons. The summed E-state index contributed by atoms with van der Waals surface area (Å²) in [6, 6.07) is 7.39. The first-order valence-electron chi connectivity index (χ1n) is 5.87. The van der Waals surface area contributed by atoms with Crippen LogP contribution in [-0.2, 0) is 13.0 Å². The Morgan fingerprint density at radius 1 is 1.47 bits per heavy atom. The predicted molar refractivity (Wildman–Crippen MR) is 63.9 cm³/mol. The third kappa shape index (κ3) is 2.39. The molecule has 82 valence electrons. The molecule has 1 unspecified atom stereocenters. The number of nitrogens with one attached hydrogen (secondary N) is 2. The maximum absolute atomic E-state index is 3.49. The van der Waals surface area contributed by atoms with Crippen LogP contribution in [0.2, 0.25) is 0 Å². The van der Waals surface area contributed by atoms with Gasteiger partial charge in [-0.1, -0.05) is 25.1 Å². The molecule has 0 spiro atoms. The van der Waals surface area contributed by atoms with Gasteiger partial charge in [-0.15, -0.1) is 0 Å². The van der Waals surface area contributed by atoms with E-state index in [0.29, 0.717) is 6.04 Å². The molecule has 0 saturated carbocycles. The molecule has 2 heteroatoms. The zero-order valence-corrected chi connectivity index (χ0v) is 9.64. The second kappa shape index (κ2) is 4.77. The van der Waals surface area contributed by atoms with Gasteiger partial charge in [-0.3, -0.25) is 0 Å². The summed E-state index contributed by atoms with van der Waals surface area (Å²) in [6.45, 7) is 7.52. The molecule has 2 rings (SSSR count). The Labute approximate surface area is 92.1 Å². The van der Waals surface area contributed by atoms with Gasteiger partial charge in [0.2, 0.25) is 0 Å². The maximum Gasteiger partial charge on any atom is 0.0294 e. The van der Waals surface area contributed by atoms with Crippen LogP contribution in [0.5, 0.6) is 0 Å². The lowest BCUT2D eigenvalue weighted by Gasteiger charge is -2.24. The van der Waals surface area contributed by atoms with Gasteiger partial charge < -0.3 is 10.6 Å². The van der Waals surface area contributed by atoms with E-state index in [-0.39, 0.29) is 0 Å². The first kappa shape index (κ1) is 10.7. The van der Waals surface area contributed by atoms with E-state index in [1.54, 1.807) is 0 Å². The first-order chi connectivity index (χ1) is 7.31. The van der Waals surface area contributed by atoms with Crippen LogP contribution in [0.25, 0.3) is 0 Å². The standard InChI is InChI=1S/C13H20N2/c1-3-14-9-11-4-5-13-10(2)15-7-6-12(13)8-11/h4-5,8,10,14-15H,3,6-7,9H2,1-2H3. The van der Waals surface area contributed by atoms with Gasteiger partial charge in [-0.05, 0) is 43.1 Å². The zero-order chi connectivity index (χ0) is 10.7. The highest BCUT2D eigenvalue weighted by Crippen LogP contribution is 2.23. The van der Waals surface area contributed by atoms with Gasteiger partial charge in [0.15, 0.2) is 0 Å². The quantitative estimate of drug-likeness (QED) is 0.787. The predicted octanol–water partition coefficient (Wildman–Crippen LogP) is 2.00. The lowest BCUT2D eigenvalue weighted by Crippen LogP contribution is -2.28. The van der Waals surface area contributed by atoms with Crippen molar-refractivity contribution in [2.24, 2.45) is 0 Å². The lowest BCUT2D eigenvalue weighted by atomic mass is 9.93. The Morgan fingerprint density at radius 2 is 2.33 bits per heavy atom. The first-order valence-corrected chi connectivity index (χ1v) is 5.87. The van der Waals surface area contributed by atoms with E-state index in [9.17, 15) is 0 Å². The Kier molecular flexibility index (Phi) is 3.39. The lowest BCUT2D eigenvalue weighted by molar-refractivity contribution is 0.540. The smallest absolute Gasteiger partial charge is 0.0294 e. The van der Waals surface area contributed by atoms with Gasteiger partial charge in [0.05, 0.1) is 0 Å². The monoisotopic (exact) mass is 204 g/mol. The van der Waals surface area contributed by atoms with E-state index in [1.165, 1.54) is 23.1 Å². The van der Waals surface area contributed by atoms with Crippen molar-refractivity contribution >= 4 is 0 Å². The van der Waals surface area contributed by atoms with Gasteiger partial charge in [-0.25, -0.2) is 0 Å². The summed E-state index contributed by atoms with van der Waals surface area (Å²) in [5.74, 6) is 0. The van der Waals surface area contributed by atoms with Gasteiger partial charge in [0.1, 0.15) is 0 Å². The number of benzene rings is 1. The molecule has 1 aromatic carbocycles. The minimum absolute atomic E-state index is 0.516. The van der Waals surface area contributed by atoms with Crippen molar-refractivity contribution in [3.05, 3.63) is 34.9 Å². The Balaban J connectivity index is 2.18. The molecule has 0 aromatic heterocycles. The molecule has 1 heterocycles. The summed E-state index contributed by atoms with van der Waals surface area (Å²) in [5.41, 5.74) is 4.41. The van der Waals surface area contributed by atoms with Crippen LogP contribution < -0.4 is 10.6 Å². The van der Waals surface area contributed by atoms with Crippen LogP contribution in [0.15, 0.2) is 18.2 Å². The van der Waals surface area contributed by atoms with Crippen molar-refractivity contribution in [3.63, 3.8) is 0 Å². The van der Waals surface area contributed by atoms with Gasteiger partial charge in [0, 0.05) is 12.6 Å². The molecular formula is C13H20N2. The van der Waals surface area contributed by atoms with Crippen LogP contribution in [0, 0.1) is 0 Å². The normalized spacial score (nSPS) is 20.0. The highest BCUT2D eigenvalue weighted by atomic mass is 14.9. The molecule has 0 aliphatic carbocycles. The average molecular weight is 204 g/mol. The molecule has 1 aliphatic rings. The largest absolute Gasteiger partial charge is 0.313 e. The Morgan fingerprint density at radius 3 is 3.13 bits per heavy atom. The van der Waals surface area contributed by atoms with E-state index in [2.05, 4.69) is 42.7 Å². The van der Waals surface area contributed by atoms with Crippen LogP contribution in [0.4, 0.5) is 0 Å². The minimum atomic E-state index is 0.516. The zero-order valence-electron chi connectivity index (χ0n) is 9.64. The van der Waals surface area contributed by atoms with Gasteiger partial charge in [0.25, 0.3) is 0 Å². The molecule has 15 heavy (non-hydrogen) atoms.